The van der Waals surface area contributed by atoms with Crippen LogP contribution >= 0.6 is 11.3 Å². The Balaban J connectivity index is 1.55. The molecule has 1 amide bonds. The maximum atomic E-state index is 14.3. The van der Waals surface area contributed by atoms with Crippen LogP contribution in [0.1, 0.15) is 16.2 Å². The Bertz CT molecular complexity index is 1300. The first kappa shape index (κ1) is 20.9. The number of carbonyl (C=O) groups excluding carboxylic acids is 1. The third-order valence-electron chi connectivity index (χ3n) is 5.53. The average Bonchev–Trinajstić information content (AvgIpc) is 3.34. The lowest BCUT2D eigenvalue weighted by Crippen LogP contribution is -2.43. The van der Waals surface area contributed by atoms with Crippen molar-refractivity contribution in [2.24, 2.45) is 0 Å². The number of hydrogen-bond donors (Lipinski definition) is 0. The van der Waals surface area contributed by atoms with Crippen LogP contribution in [-0.4, -0.2) is 64.6 Å². The minimum Gasteiger partial charge on any atom is -0.379 e. The summed E-state index contributed by atoms with van der Waals surface area (Å²) in [5.74, 6) is -1.70. The number of imidazole rings is 1. The Labute approximate surface area is 186 Å². The van der Waals surface area contributed by atoms with E-state index in [1.54, 1.807) is 22.4 Å². The van der Waals surface area contributed by atoms with E-state index in [9.17, 15) is 13.6 Å². The first-order chi connectivity index (χ1) is 15.5. The lowest BCUT2D eigenvalue weighted by Gasteiger charge is -2.29. The fourth-order valence-electron chi connectivity index (χ4n) is 3.91. The quantitative estimate of drug-likeness (QED) is 0.459. The molecule has 1 saturated heterocycles. The highest BCUT2D eigenvalue weighted by Gasteiger charge is 2.27. The maximum Gasteiger partial charge on any atom is 0.279 e. The number of ether oxygens (including phenoxy) is 1. The molecule has 0 spiro atoms. The van der Waals surface area contributed by atoms with E-state index in [1.165, 1.54) is 6.07 Å². The van der Waals surface area contributed by atoms with E-state index in [0.29, 0.717) is 53.2 Å². The highest BCUT2D eigenvalue weighted by atomic mass is 32.1. The molecule has 3 aromatic heterocycles. The lowest BCUT2D eigenvalue weighted by molar-refractivity contribution is 0.0391. The van der Waals surface area contributed by atoms with Gasteiger partial charge in [-0.05, 0) is 25.1 Å². The second kappa shape index (κ2) is 8.53. The second-order valence-corrected chi connectivity index (χ2v) is 8.63. The Morgan fingerprint density at radius 3 is 2.84 bits per heavy atom. The minimum atomic E-state index is -0.742. The first-order valence-corrected chi connectivity index (χ1v) is 11.1. The summed E-state index contributed by atoms with van der Waals surface area (Å²) in [5, 5.41) is 0.327. The molecule has 32 heavy (non-hydrogen) atoms. The summed E-state index contributed by atoms with van der Waals surface area (Å²) in [7, 11) is 0. The Morgan fingerprint density at radius 1 is 1.22 bits per heavy atom. The number of thiazole rings is 1. The molecule has 10 heteroatoms. The molecule has 1 aromatic carbocycles. The second-order valence-electron chi connectivity index (χ2n) is 7.62. The normalized spacial score (nSPS) is 15.0. The first-order valence-electron chi connectivity index (χ1n) is 10.3. The average molecular weight is 458 g/mol. The number of anilines is 1. The molecule has 0 N–H and O–H groups in total. The molecule has 0 saturated carbocycles. The van der Waals surface area contributed by atoms with Crippen molar-refractivity contribution in [3.8, 4) is 0 Å². The number of fused-ring (bicyclic) bond motifs is 2. The van der Waals surface area contributed by atoms with E-state index < -0.39 is 11.6 Å². The summed E-state index contributed by atoms with van der Waals surface area (Å²) in [6.07, 6.45) is 1.79. The van der Waals surface area contributed by atoms with Crippen LogP contribution in [0.4, 0.5) is 13.9 Å². The summed E-state index contributed by atoms with van der Waals surface area (Å²) in [6.45, 7) is 5.58. The number of hydrogen-bond acceptors (Lipinski definition) is 6. The van der Waals surface area contributed by atoms with Gasteiger partial charge in [0.25, 0.3) is 5.91 Å². The van der Waals surface area contributed by atoms with Gasteiger partial charge in [-0.15, -0.1) is 0 Å². The van der Waals surface area contributed by atoms with Crippen LogP contribution < -0.4 is 4.90 Å². The molecular weight excluding hydrogens is 436 g/mol. The van der Waals surface area contributed by atoms with Crippen LogP contribution in [0.15, 0.2) is 36.5 Å². The number of halogens is 2. The van der Waals surface area contributed by atoms with Crippen molar-refractivity contribution < 1.29 is 18.3 Å². The van der Waals surface area contributed by atoms with Gasteiger partial charge in [-0.2, -0.15) is 0 Å². The van der Waals surface area contributed by atoms with Gasteiger partial charge in [-0.1, -0.05) is 17.4 Å². The van der Waals surface area contributed by atoms with E-state index in [1.807, 2.05) is 18.2 Å². The number of morpholine rings is 1. The Morgan fingerprint density at radius 2 is 2.03 bits per heavy atom. The van der Waals surface area contributed by atoms with Crippen molar-refractivity contribution in [2.45, 2.75) is 6.92 Å². The number of nitrogens with zero attached hydrogens (tertiary/aromatic N) is 5. The molecule has 1 aliphatic rings. The SMILES string of the molecule is Cc1nc2ccccn2c1C(=O)N(CCN1CCOCC1)c1nc2c(F)cc(F)cc2s1. The molecule has 5 rings (SSSR count). The van der Waals surface area contributed by atoms with Gasteiger partial charge in [-0.3, -0.25) is 19.0 Å². The van der Waals surface area contributed by atoms with Gasteiger partial charge in [-0.25, -0.2) is 18.7 Å². The van der Waals surface area contributed by atoms with Crippen LogP contribution in [0.5, 0.6) is 0 Å². The van der Waals surface area contributed by atoms with Gasteiger partial charge in [0.05, 0.1) is 23.6 Å². The van der Waals surface area contributed by atoms with E-state index in [0.717, 1.165) is 30.5 Å². The zero-order valence-electron chi connectivity index (χ0n) is 17.4. The molecule has 4 aromatic rings. The number of carbonyl (C=O) groups is 1. The lowest BCUT2D eigenvalue weighted by atomic mass is 10.3. The number of benzene rings is 1. The number of rotatable bonds is 5. The molecule has 0 bridgehead atoms. The zero-order valence-corrected chi connectivity index (χ0v) is 18.2. The summed E-state index contributed by atoms with van der Waals surface area (Å²) >= 11 is 1.10. The molecule has 1 fully saturated rings. The van der Waals surface area contributed by atoms with Gasteiger partial charge in [0.2, 0.25) is 0 Å². The zero-order chi connectivity index (χ0) is 22.2. The summed E-state index contributed by atoms with van der Waals surface area (Å²) in [4.78, 5) is 26.4. The molecule has 4 heterocycles. The molecular formula is C22H21F2N5O2S. The highest BCUT2D eigenvalue weighted by Crippen LogP contribution is 2.32. The maximum absolute atomic E-state index is 14.3. The van der Waals surface area contributed by atoms with E-state index in [-0.39, 0.29) is 11.4 Å². The number of aromatic nitrogens is 3. The van der Waals surface area contributed by atoms with E-state index >= 15 is 0 Å². The van der Waals surface area contributed by atoms with E-state index in [2.05, 4.69) is 14.9 Å². The smallest absolute Gasteiger partial charge is 0.279 e. The van der Waals surface area contributed by atoms with Crippen LogP contribution in [0.2, 0.25) is 0 Å². The topological polar surface area (TPSA) is 63.0 Å². The molecule has 0 aliphatic carbocycles. The van der Waals surface area contributed by atoms with Crippen LogP contribution in [-0.2, 0) is 4.74 Å². The van der Waals surface area contributed by atoms with Crippen molar-refractivity contribution in [3.63, 3.8) is 0 Å². The van der Waals surface area contributed by atoms with Gasteiger partial charge in [0, 0.05) is 38.4 Å². The summed E-state index contributed by atoms with van der Waals surface area (Å²) < 4.78 is 35.6. The largest absolute Gasteiger partial charge is 0.379 e. The van der Waals surface area contributed by atoms with Gasteiger partial charge in [0.1, 0.15) is 22.7 Å². The van der Waals surface area contributed by atoms with Crippen LogP contribution in [0.25, 0.3) is 15.9 Å². The standard InChI is InChI=1S/C22H21F2N5O2S/c1-14-20(28-5-3-2-4-18(28)25-14)21(30)29(7-6-27-8-10-31-11-9-27)22-26-19-16(24)12-15(23)13-17(19)32-22/h2-5,12-13H,6-11H2,1H3. The minimum absolute atomic E-state index is 0.0606. The number of amides is 1. The molecule has 7 nitrogen and oxygen atoms in total. The molecule has 0 radical (unpaired) electrons. The Kier molecular flexibility index (Phi) is 5.58. The summed E-state index contributed by atoms with van der Waals surface area (Å²) in [5.41, 5.74) is 1.74. The van der Waals surface area contributed by atoms with Crippen molar-refractivity contribution >= 4 is 38.2 Å². The highest BCUT2D eigenvalue weighted by molar-refractivity contribution is 7.22. The fourth-order valence-corrected chi connectivity index (χ4v) is 4.94. The Hall–Kier alpha value is -2.95. The predicted molar refractivity (Wildman–Crippen MR) is 118 cm³/mol. The monoisotopic (exact) mass is 457 g/mol. The number of pyridine rings is 1. The van der Waals surface area contributed by atoms with Crippen molar-refractivity contribution in [1.29, 1.82) is 0 Å². The fraction of sp³-hybridized carbons (Fsp3) is 0.318. The van der Waals surface area contributed by atoms with E-state index in [4.69, 9.17) is 4.74 Å². The van der Waals surface area contributed by atoms with Crippen LogP contribution in [0.3, 0.4) is 0 Å². The predicted octanol–water partition coefficient (Wildman–Crippen LogP) is 3.51. The molecule has 0 unspecified atom stereocenters. The molecule has 166 valence electrons. The van der Waals surface area contributed by atoms with Gasteiger partial charge < -0.3 is 4.74 Å². The van der Waals surface area contributed by atoms with Crippen molar-refractivity contribution in [2.75, 3.05) is 44.3 Å². The van der Waals surface area contributed by atoms with Crippen LogP contribution in [0, 0.1) is 18.6 Å². The van der Waals surface area contributed by atoms with Gasteiger partial charge >= 0.3 is 0 Å². The van der Waals surface area contributed by atoms with Crippen molar-refractivity contribution in [1.82, 2.24) is 19.3 Å². The molecule has 0 atom stereocenters. The summed E-state index contributed by atoms with van der Waals surface area (Å²) in [6, 6.07) is 7.57. The molecule has 1 aliphatic heterocycles. The van der Waals surface area contributed by atoms with Crippen molar-refractivity contribution in [3.05, 3.63) is 59.6 Å². The number of aryl methyl sites for hydroxylation is 1. The third kappa shape index (κ3) is 3.85. The third-order valence-corrected chi connectivity index (χ3v) is 6.55. The van der Waals surface area contributed by atoms with Gasteiger partial charge in [0.15, 0.2) is 10.9 Å².